The molecular formula is C21H21NO4S. The third kappa shape index (κ3) is 3.12. The van der Waals surface area contributed by atoms with E-state index in [1.54, 1.807) is 17.6 Å². The van der Waals surface area contributed by atoms with Crippen LogP contribution in [0.1, 0.15) is 41.5 Å². The first kappa shape index (κ1) is 17.1. The van der Waals surface area contributed by atoms with Crippen molar-refractivity contribution in [2.45, 2.75) is 50.8 Å². The Morgan fingerprint density at radius 2 is 2.26 bits per heavy atom. The number of thiazole rings is 1. The van der Waals surface area contributed by atoms with E-state index >= 15 is 0 Å². The van der Waals surface area contributed by atoms with Crippen molar-refractivity contribution in [2.75, 3.05) is 0 Å². The Morgan fingerprint density at radius 1 is 1.33 bits per heavy atom. The number of benzene rings is 1. The fourth-order valence-corrected chi connectivity index (χ4v) is 4.97. The van der Waals surface area contributed by atoms with Crippen LogP contribution in [-0.4, -0.2) is 22.3 Å². The zero-order valence-electron chi connectivity index (χ0n) is 15.1. The van der Waals surface area contributed by atoms with Gasteiger partial charge in [0.05, 0.1) is 35.0 Å². The van der Waals surface area contributed by atoms with Crippen LogP contribution in [-0.2, 0) is 28.3 Å². The molecule has 3 atom stereocenters. The molecule has 2 aliphatic rings. The summed E-state index contributed by atoms with van der Waals surface area (Å²) < 4.78 is 17.7. The fourth-order valence-electron chi connectivity index (χ4n) is 4.05. The van der Waals surface area contributed by atoms with Gasteiger partial charge in [0.2, 0.25) is 0 Å². The number of ether oxygens (including phenoxy) is 2. The predicted molar refractivity (Wildman–Crippen MR) is 101 cm³/mol. The summed E-state index contributed by atoms with van der Waals surface area (Å²) in [5, 5.41) is 11.3. The van der Waals surface area contributed by atoms with E-state index in [4.69, 9.17) is 13.9 Å². The monoisotopic (exact) mass is 383 g/mol. The van der Waals surface area contributed by atoms with E-state index in [1.807, 2.05) is 25.3 Å². The molecule has 0 aliphatic carbocycles. The van der Waals surface area contributed by atoms with Gasteiger partial charge in [0.1, 0.15) is 5.76 Å². The van der Waals surface area contributed by atoms with Gasteiger partial charge in [-0.1, -0.05) is 12.1 Å². The van der Waals surface area contributed by atoms with E-state index in [0.29, 0.717) is 19.4 Å². The molecule has 0 bridgehead atoms. The molecule has 140 valence electrons. The largest absolute Gasteiger partial charge is 0.463 e. The second-order valence-corrected chi connectivity index (χ2v) is 8.44. The molecule has 27 heavy (non-hydrogen) atoms. The molecule has 0 radical (unpaired) electrons. The quantitative estimate of drug-likeness (QED) is 0.733. The molecule has 2 aliphatic heterocycles. The van der Waals surface area contributed by atoms with Crippen LogP contribution in [0, 0.1) is 0 Å². The lowest BCUT2D eigenvalue weighted by molar-refractivity contribution is -0.295. The van der Waals surface area contributed by atoms with Crippen molar-refractivity contribution in [2.24, 2.45) is 0 Å². The number of aliphatic hydroxyl groups is 1. The summed E-state index contributed by atoms with van der Waals surface area (Å²) >= 11 is 1.64. The van der Waals surface area contributed by atoms with Crippen molar-refractivity contribution < 1.29 is 19.0 Å². The zero-order chi connectivity index (χ0) is 18.4. The van der Waals surface area contributed by atoms with Gasteiger partial charge in [0.25, 0.3) is 0 Å². The van der Waals surface area contributed by atoms with E-state index in [0.717, 1.165) is 38.8 Å². The van der Waals surface area contributed by atoms with Gasteiger partial charge >= 0.3 is 0 Å². The summed E-state index contributed by atoms with van der Waals surface area (Å²) in [6, 6.07) is 10.2. The molecule has 5 rings (SSSR count). The molecule has 1 saturated heterocycles. The molecule has 5 nitrogen and oxygen atoms in total. The van der Waals surface area contributed by atoms with Gasteiger partial charge in [0.15, 0.2) is 5.79 Å². The number of fused-ring (bicyclic) bond motifs is 2. The summed E-state index contributed by atoms with van der Waals surface area (Å²) in [6.07, 6.45) is 4.97. The molecule has 1 aromatic carbocycles. The molecule has 1 spiro atoms. The third-order valence-electron chi connectivity index (χ3n) is 5.22. The Hall–Kier alpha value is -1.99. The van der Waals surface area contributed by atoms with Crippen LogP contribution in [0.3, 0.4) is 0 Å². The van der Waals surface area contributed by atoms with Crippen molar-refractivity contribution >= 4 is 11.3 Å². The molecule has 2 aromatic heterocycles. The van der Waals surface area contributed by atoms with Crippen LogP contribution < -0.4 is 0 Å². The van der Waals surface area contributed by atoms with Crippen molar-refractivity contribution in [1.82, 2.24) is 4.98 Å². The molecule has 0 amide bonds. The Kier molecular flexibility index (Phi) is 4.16. The number of aliphatic hydroxyl groups excluding tert-OH is 1. The van der Waals surface area contributed by atoms with Crippen molar-refractivity contribution in [1.29, 1.82) is 0 Å². The topological polar surface area (TPSA) is 64.7 Å². The average Bonchev–Trinajstić information content (AvgIpc) is 3.36. The second-order valence-electron chi connectivity index (χ2n) is 7.33. The van der Waals surface area contributed by atoms with Crippen LogP contribution in [0.25, 0.3) is 10.6 Å². The van der Waals surface area contributed by atoms with Gasteiger partial charge in [-0.2, -0.15) is 0 Å². The molecular weight excluding hydrogens is 362 g/mol. The highest BCUT2D eigenvalue weighted by Gasteiger charge is 2.47. The van der Waals surface area contributed by atoms with Gasteiger partial charge in [-0.25, -0.2) is 4.98 Å². The van der Waals surface area contributed by atoms with E-state index in [2.05, 4.69) is 23.2 Å². The summed E-state index contributed by atoms with van der Waals surface area (Å²) in [7, 11) is 0. The highest BCUT2D eigenvalue weighted by Crippen LogP contribution is 2.45. The standard InChI is InChI=1S/C21H21NO4S/c1-13-7-16(23)10-21(26-13)17-8-14(4-5-15(17)12-25-21)9-20-22-11-19(27-20)18-3-2-6-24-18/h2-6,8,11,13,16,23H,7,9-10,12H2,1H3/t13-,16+,21-/m1/s1. The summed E-state index contributed by atoms with van der Waals surface area (Å²) in [5.74, 6) is 0.0311. The Morgan fingerprint density at radius 3 is 3.07 bits per heavy atom. The maximum atomic E-state index is 10.3. The number of furan rings is 1. The molecule has 4 heterocycles. The van der Waals surface area contributed by atoms with Gasteiger partial charge < -0.3 is 19.0 Å². The molecule has 0 unspecified atom stereocenters. The van der Waals surface area contributed by atoms with Crippen LogP contribution in [0.4, 0.5) is 0 Å². The minimum atomic E-state index is -0.815. The van der Waals surface area contributed by atoms with Gasteiger partial charge in [-0.05, 0) is 42.7 Å². The molecule has 1 N–H and O–H groups in total. The van der Waals surface area contributed by atoms with E-state index < -0.39 is 11.9 Å². The second kappa shape index (κ2) is 6.56. The van der Waals surface area contributed by atoms with Gasteiger partial charge in [-0.3, -0.25) is 0 Å². The van der Waals surface area contributed by atoms with Crippen LogP contribution in [0.15, 0.2) is 47.2 Å². The lowest BCUT2D eigenvalue weighted by Crippen LogP contribution is -2.43. The predicted octanol–water partition coefficient (Wildman–Crippen LogP) is 4.24. The summed E-state index contributed by atoms with van der Waals surface area (Å²) in [6.45, 7) is 2.51. The Balaban J connectivity index is 1.42. The van der Waals surface area contributed by atoms with Crippen molar-refractivity contribution in [3.63, 3.8) is 0 Å². The maximum absolute atomic E-state index is 10.3. The summed E-state index contributed by atoms with van der Waals surface area (Å²) in [5.41, 5.74) is 3.35. The minimum Gasteiger partial charge on any atom is -0.463 e. The molecule has 6 heteroatoms. The molecule has 3 aromatic rings. The smallest absolute Gasteiger partial charge is 0.198 e. The highest BCUT2D eigenvalue weighted by molar-refractivity contribution is 7.15. The van der Waals surface area contributed by atoms with E-state index in [1.165, 1.54) is 0 Å². The van der Waals surface area contributed by atoms with Gasteiger partial charge in [0, 0.05) is 24.6 Å². The Labute approximate surface area is 161 Å². The Bertz CT molecular complexity index is 939. The fraction of sp³-hybridized carbons (Fsp3) is 0.381. The van der Waals surface area contributed by atoms with Gasteiger partial charge in [-0.15, -0.1) is 11.3 Å². The highest BCUT2D eigenvalue weighted by atomic mass is 32.1. The van der Waals surface area contributed by atoms with Crippen LogP contribution in [0.5, 0.6) is 0 Å². The first-order chi connectivity index (χ1) is 13.1. The lowest BCUT2D eigenvalue weighted by Gasteiger charge is -2.39. The van der Waals surface area contributed by atoms with E-state index in [9.17, 15) is 5.11 Å². The number of rotatable bonds is 3. The first-order valence-corrected chi connectivity index (χ1v) is 10.0. The van der Waals surface area contributed by atoms with Crippen LogP contribution in [0.2, 0.25) is 0 Å². The van der Waals surface area contributed by atoms with Crippen LogP contribution >= 0.6 is 11.3 Å². The molecule has 1 fully saturated rings. The number of hydrogen-bond donors (Lipinski definition) is 1. The average molecular weight is 383 g/mol. The SMILES string of the molecule is C[C@@H]1C[C@H](O)C[C@@]2(OCc3ccc(Cc4ncc(-c5ccco5)s4)cc32)O1. The number of aromatic nitrogens is 1. The maximum Gasteiger partial charge on any atom is 0.198 e. The normalized spacial score (nSPS) is 27.2. The number of hydrogen-bond acceptors (Lipinski definition) is 6. The molecule has 0 saturated carbocycles. The lowest BCUT2D eigenvalue weighted by atomic mass is 9.90. The minimum absolute atomic E-state index is 0.0295. The van der Waals surface area contributed by atoms with E-state index in [-0.39, 0.29) is 6.10 Å². The van der Waals surface area contributed by atoms with Crippen molar-refractivity contribution in [3.05, 3.63) is 64.5 Å². The third-order valence-corrected chi connectivity index (χ3v) is 6.23. The zero-order valence-corrected chi connectivity index (χ0v) is 15.9. The number of nitrogens with zero attached hydrogens (tertiary/aromatic N) is 1. The first-order valence-electron chi connectivity index (χ1n) is 9.22. The summed E-state index contributed by atoms with van der Waals surface area (Å²) in [4.78, 5) is 5.58. The van der Waals surface area contributed by atoms with Crippen molar-refractivity contribution in [3.8, 4) is 10.6 Å².